The number of carbonyl (C=O) groups is 1. The smallest absolute Gasteiger partial charge is 0.245 e. The van der Waals surface area contributed by atoms with Gasteiger partial charge in [-0.2, -0.15) is 0 Å². The van der Waals surface area contributed by atoms with Crippen LogP contribution in [0.5, 0.6) is 0 Å². The van der Waals surface area contributed by atoms with E-state index in [0.717, 1.165) is 6.42 Å². The van der Waals surface area contributed by atoms with Gasteiger partial charge >= 0.3 is 0 Å². The highest BCUT2D eigenvalue weighted by Gasteiger charge is 2.71. The van der Waals surface area contributed by atoms with E-state index >= 15 is 0 Å². The Morgan fingerprint density at radius 3 is 2.90 bits per heavy atom. The molecule has 1 aromatic rings. The number of nitrogens with two attached hydrogens (primary N) is 1. The van der Waals surface area contributed by atoms with Crippen molar-refractivity contribution < 1.29 is 13.9 Å². The maximum atomic E-state index is 13.6. The molecule has 1 aliphatic heterocycles. The molecule has 21 heavy (non-hydrogen) atoms. The number of hydrogen-bond donors (Lipinski definition) is 2. The fourth-order valence-electron chi connectivity index (χ4n) is 3.81. The van der Waals surface area contributed by atoms with E-state index in [4.69, 9.17) is 10.5 Å². The largest absolute Gasteiger partial charge is 0.377 e. The highest BCUT2D eigenvalue weighted by Crippen LogP contribution is 2.58. The number of fused-ring (bicyclic) bond motifs is 1. The molecule has 3 atom stereocenters. The number of nitrogens with one attached hydrogen (secondary N) is 1. The standard InChI is InChI=1S/C16H21FN2O2/c1-9-11(17)5-4-6-12(9)19-14(20)16(18)10-7-8-21-13(10)15(16,2)3/h4-6,10,13H,7-8,18H2,1-3H3,(H,19,20). The lowest BCUT2D eigenvalue weighted by atomic mass is 9.48. The fourth-order valence-corrected chi connectivity index (χ4v) is 3.81. The van der Waals surface area contributed by atoms with E-state index in [-0.39, 0.29) is 23.7 Å². The first-order valence-electron chi connectivity index (χ1n) is 7.27. The van der Waals surface area contributed by atoms with Crippen molar-refractivity contribution in [2.75, 3.05) is 11.9 Å². The van der Waals surface area contributed by atoms with Crippen molar-refractivity contribution in [1.82, 2.24) is 0 Å². The Morgan fingerprint density at radius 2 is 2.19 bits per heavy atom. The van der Waals surface area contributed by atoms with E-state index in [1.165, 1.54) is 6.07 Å². The molecule has 3 N–H and O–H groups in total. The second-order valence-corrected chi connectivity index (χ2v) is 6.64. The summed E-state index contributed by atoms with van der Waals surface area (Å²) in [5.41, 5.74) is 5.95. The van der Waals surface area contributed by atoms with Crippen LogP contribution in [0.3, 0.4) is 0 Å². The molecular formula is C16H21FN2O2. The first-order chi connectivity index (χ1) is 9.80. The van der Waals surface area contributed by atoms with E-state index in [1.54, 1.807) is 19.1 Å². The molecule has 1 saturated heterocycles. The Hall–Kier alpha value is -1.46. The van der Waals surface area contributed by atoms with Crippen LogP contribution in [0, 0.1) is 24.1 Å². The van der Waals surface area contributed by atoms with Gasteiger partial charge in [-0.15, -0.1) is 0 Å². The van der Waals surface area contributed by atoms with Crippen LogP contribution >= 0.6 is 0 Å². The van der Waals surface area contributed by atoms with Crippen LogP contribution in [0.4, 0.5) is 10.1 Å². The Kier molecular flexibility index (Phi) is 3.11. The number of hydrogen-bond acceptors (Lipinski definition) is 3. The fraction of sp³-hybridized carbons (Fsp3) is 0.562. The molecule has 0 spiro atoms. The molecule has 0 bridgehead atoms. The molecule has 1 heterocycles. The molecule has 3 unspecified atom stereocenters. The highest BCUT2D eigenvalue weighted by molar-refractivity contribution is 6.00. The van der Waals surface area contributed by atoms with Gasteiger partial charge in [-0.25, -0.2) is 4.39 Å². The van der Waals surface area contributed by atoms with E-state index in [1.807, 2.05) is 13.8 Å². The maximum Gasteiger partial charge on any atom is 0.245 e. The minimum Gasteiger partial charge on any atom is -0.377 e. The highest BCUT2D eigenvalue weighted by atomic mass is 19.1. The molecular weight excluding hydrogens is 271 g/mol. The van der Waals surface area contributed by atoms with Gasteiger partial charge in [0.1, 0.15) is 11.4 Å². The zero-order valence-corrected chi connectivity index (χ0v) is 12.6. The van der Waals surface area contributed by atoms with E-state index in [9.17, 15) is 9.18 Å². The Bertz CT molecular complexity index is 602. The lowest BCUT2D eigenvalue weighted by Crippen LogP contribution is -2.79. The SMILES string of the molecule is Cc1c(F)cccc1NC(=O)C1(N)C2CCOC2C1(C)C. The normalized spacial score (nSPS) is 33.2. The van der Waals surface area contributed by atoms with Crippen LogP contribution in [0.1, 0.15) is 25.8 Å². The Morgan fingerprint density at radius 1 is 1.48 bits per heavy atom. The summed E-state index contributed by atoms with van der Waals surface area (Å²) in [4.78, 5) is 12.7. The molecule has 5 heteroatoms. The summed E-state index contributed by atoms with van der Waals surface area (Å²) in [6, 6.07) is 4.64. The quantitative estimate of drug-likeness (QED) is 0.878. The van der Waals surface area contributed by atoms with Crippen LogP contribution in [0.2, 0.25) is 0 Å². The monoisotopic (exact) mass is 292 g/mol. The molecule has 4 nitrogen and oxygen atoms in total. The molecule has 0 aromatic heterocycles. The van der Waals surface area contributed by atoms with Crippen molar-refractivity contribution >= 4 is 11.6 Å². The average Bonchev–Trinajstić information content (AvgIpc) is 2.91. The number of rotatable bonds is 2. The van der Waals surface area contributed by atoms with Crippen molar-refractivity contribution in [3.8, 4) is 0 Å². The second kappa shape index (κ2) is 4.52. The Balaban J connectivity index is 1.87. The van der Waals surface area contributed by atoms with Crippen LogP contribution < -0.4 is 11.1 Å². The lowest BCUT2D eigenvalue weighted by Gasteiger charge is -2.60. The van der Waals surface area contributed by atoms with Crippen LogP contribution in [-0.2, 0) is 9.53 Å². The number of ether oxygens (including phenoxy) is 1. The summed E-state index contributed by atoms with van der Waals surface area (Å²) >= 11 is 0. The number of halogens is 1. The van der Waals surface area contributed by atoms with Gasteiger partial charge in [-0.1, -0.05) is 19.9 Å². The predicted octanol–water partition coefficient (Wildman–Crippen LogP) is 2.22. The van der Waals surface area contributed by atoms with E-state index in [0.29, 0.717) is 17.9 Å². The van der Waals surface area contributed by atoms with Gasteiger partial charge in [0.15, 0.2) is 0 Å². The van der Waals surface area contributed by atoms with Crippen molar-refractivity contribution in [3.63, 3.8) is 0 Å². The number of anilines is 1. The van der Waals surface area contributed by atoms with Crippen LogP contribution in [0.25, 0.3) is 0 Å². The lowest BCUT2D eigenvalue weighted by molar-refractivity contribution is -0.170. The predicted molar refractivity (Wildman–Crippen MR) is 78.3 cm³/mol. The molecule has 3 rings (SSSR count). The Labute approximate surface area is 123 Å². The van der Waals surface area contributed by atoms with Gasteiger partial charge in [0.25, 0.3) is 0 Å². The third kappa shape index (κ3) is 1.77. The summed E-state index contributed by atoms with van der Waals surface area (Å²) in [6.45, 7) is 6.19. The van der Waals surface area contributed by atoms with Gasteiger partial charge in [0.2, 0.25) is 5.91 Å². The van der Waals surface area contributed by atoms with Gasteiger partial charge in [0, 0.05) is 29.2 Å². The third-order valence-corrected chi connectivity index (χ3v) is 5.35. The van der Waals surface area contributed by atoms with Gasteiger partial charge < -0.3 is 15.8 Å². The molecule has 1 amide bonds. The topological polar surface area (TPSA) is 64.4 Å². The summed E-state index contributed by atoms with van der Waals surface area (Å²) in [5, 5.41) is 2.80. The van der Waals surface area contributed by atoms with Crippen molar-refractivity contribution in [1.29, 1.82) is 0 Å². The van der Waals surface area contributed by atoms with E-state index < -0.39 is 11.0 Å². The van der Waals surface area contributed by atoms with Gasteiger partial charge in [-0.3, -0.25) is 4.79 Å². The summed E-state index contributed by atoms with van der Waals surface area (Å²) in [6.07, 6.45) is 0.821. The van der Waals surface area contributed by atoms with Gasteiger partial charge in [0.05, 0.1) is 6.10 Å². The van der Waals surface area contributed by atoms with Crippen LogP contribution in [0.15, 0.2) is 18.2 Å². The minimum absolute atomic E-state index is 0.0290. The van der Waals surface area contributed by atoms with Crippen molar-refractivity contribution in [2.24, 2.45) is 17.1 Å². The molecule has 2 fully saturated rings. The summed E-state index contributed by atoms with van der Waals surface area (Å²) < 4.78 is 19.3. The summed E-state index contributed by atoms with van der Waals surface area (Å²) in [7, 11) is 0. The van der Waals surface area contributed by atoms with E-state index in [2.05, 4.69) is 5.32 Å². The first kappa shape index (κ1) is 14.5. The molecule has 2 aliphatic rings. The molecule has 0 radical (unpaired) electrons. The number of benzene rings is 1. The number of carbonyl (C=O) groups excluding carboxylic acids is 1. The molecule has 114 valence electrons. The van der Waals surface area contributed by atoms with Crippen molar-refractivity contribution in [3.05, 3.63) is 29.6 Å². The maximum absolute atomic E-state index is 13.6. The van der Waals surface area contributed by atoms with Crippen LogP contribution in [-0.4, -0.2) is 24.2 Å². The first-order valence-corrected chi connectivity index (χ1v) is 7.27. The van der Waals surface area contributed by atoms with Crippen molar-refractivity contribution in [2.45, 2.75) is 38.8 Å². The summed E-state index contributed by atoms with van der Waals surface area (Å²) in [5.74, 6) is -0.567. The minimum atomic E-state index is -0.979. The molecule has 1 aromatic carbocycles. The van der Waals surface area contributed by atoms with Gasteiger partial charge in [-0.05, 0) is 25.5 Å². The second-order valence-electron chi connectivity index (χ2n) is 6.64. The molecule has 1 saturated carbocycles. The zero-order chi connectivity index (χ0) is 15.4. The average molecular weight is 292 g/mol. The molecule has 1 aliphatic carbocycles. The number of amides is 1. The third-order valence-electron chi connectivity index (χ3n) is 5.35. The zero-order valence-electron chi connectivity index (χ0n) is 12.6.